The summed E-state index contributed by atoms with van der Waals surface area (Å²) in [7, 11) is -3.82. The second kappa shape index (κ2) is 8.79. The lowest BCUT2D eigenvalue weighted by molar-refractivity contribution is 0.102. The number of rotatable bonds is 7. The van der Waals surface area contributed by atoms with E-state index in [1.165, 1.54) is 6.07 Å². The van der Waals surface area contributed by atoms with Gasteiger partial charge in [-0.05, 0) is 53.4 Å². The summed E-state index contributed by atoms with van der Waals surface area (Å²) in [5.41, 5.74) is 0.929. The average Bonchev–Trinajstić information content (AvgIpc) is 3.31. The van der Waals surface area contributed by atoms with Crippen molar-refractivity contribution in [1.82, 2.24) is 0 Å². The second-order valence-electron chi connectivity index (χ2n) is 6.67. The Labute approximate surface area is 184 Å². The Morgan fingerprint density at radius 2 is 1.65 bits per heavy atom. The summed E-state index contributed by atoms with van der Waals surface area (Å²) in [6.07, 6.45) is 0. The molecule has 4 aromatic rings. The highest BCUT2D eigenvalue weighted by atomic mass is 32.2. The molecule has 0 atom stereocenters. The van der Waals surface area contributed by atoms with E-state index in [1.807, 2.05) is 37.3 Å². The van der Waals surface area contributed by atoms with Crippen molar-refractivity contribution >= 4 is 49.4 Å². The Morgan fingerprint density at radius 1 is 0.935 bits per heavy atom. The minimum atomic E-state index is -3.82. The molecular formula is C23H20N2O4S2. The molecule has 0 fully saturated rings. The summed E-state index contributed by atoms with van der Waals surface area (Å²) >= 11 is 1.11. The number of nitrogens with one attached hydrogen (secondary N) is 2. The number of anilines is 2. The van der Waals surface area contributed by atoms with Gasteiger partial charge in [0.2, 0.25) is 0 Å². The van der Waals surface area contributed by atoms with E-state index in [0.29, 0.717) is 18.0 Å². The van der Waals surface area contributed by atoms with Gasteiger partial charge in [-0.1, -0.05) is 42.5 Å². The van der Waals surface area contributed by atoms with Crippen LogP contribution in [0, 0.1) is 0 Å². The van der Waals surface area contributed by atoms with Crippen LogP contribution < -0.4 is 14.8 Å². The average molecular weight is 453 g/mol. The van der Waals surface area contributed by atoms with Gasteiger partial charge in [-0.3, -0.25) is 9.52 Å². The van der Waals surface area contributed by atoms with E-state index in [-0.39, 0.29) is 15.5 Å². The van der Waals surface area contributed by atoms with Crippen molar-refractivity contribution in [2.75, 3.05) is 16.6 Å². The third-order valence-electron chi connectivity index (χ3n) is 4.57. The number of hydrogen-bond donors (Lipinski definition) is 2. The van der Waals surface area contributed by atoms with E-state index < -0.39 is 15.9 Å². The first-order valence-corrected chi connectivity index (χ1v) is 12.0. The minimum Gasteiger partial charge on any atom is -0.492 e. The maximum Gasteiger partial charge on any atom is 0.271 e. The summed E-state index contributed by atoms with van der Waals surface area (Å²) < 4.78 is 34.0. The summed E-state index contributed by atoms with van der Waals surface area (Å²) in [4.78, 5) is 13.2. The molecule has 0 aliphatic heterocycles. The molecule has 1 amide bonds. The van der Waals surface area contributed by atoms with Crippen molar-refractivity contribution in [2.24, 2.45) is 0 Å². The number of benzene rings is 3. The normalized spacial score (nSPS) is 11.3. The number of carbonyl (C=O) groups excluding carboxylic acids is 1. The van der Waals surface area contributed by atoms with Gasteiger partial charge >= 0.3 is 0 Å². The Hall–Kier alpha value is -3.36. The zero-order valence-corrected chi connectivity index (χ0v) is 18.3. The quantitative estimate of drug-likeness (QED) is 0.396. The monoisotopic (exact) mass is 452 g/mol. The molecule has 0 radical (unpaired) electrons. The number of para-hydroxylation sites is 2. The van der Waals surface area contributed by atoms with Crippen molar-refractivity contribution in [1.29, 1.82) is 0 Å². The summed E-state index contributed by atoms with van der Waals surface area (Å²) in [5, 5.41) is 6.17. The van der Waals surface area contributed by atoms with Crippen LogP contribution in [0.2, 0.25) is 0 Å². The van der Waals surface area contributed by atoms with E-state index in [1.54, 1.807) is 41.8 Å². The highest BCUT2D eigenvalue weighted by Crippen LogP contribution is 2.30. The van der Waals surface area contributed by atoms with Gasteiger partial charge in [-0.25, -0.2) is 8.42 Å². The number of ether oxygens (including phenoxy) is 1. The lowest BCUT2D eigenvalue weighted by Gasteiger charge is -2.15. The van der Waals surface area contributed by atoms with Gasteiger partial charge in [0.1, 0.15) is 9.96 Å². The smallest absolute Gasteiger partial charge is 0.271 e. The van der Waals surface area contributed by atoms with E-state index in [9.17, 15) is 13.2 Å². The summed E-state index contributed by atoms with van der Waals surface area (Å²) in [6, 6.07) is 21.1. The van der Waals surface area contributed by atoms with Crippen molar-refractivity contribution in [2.45, 2.75) is 11.1 Å². The van der Waals surface area contributed by atoms with Gasteiger partial charge < -0.3 is 10.1 Å². The van der Waals surface area contributed by atoms with Crippen LogP contribution in [-0.4, -0.2) is 20.9 Å². The molecule has 0 saturated heterocycles. The molecule has 1 heterocycles. The van der Waals surface area contributed by atoms with Gasteiger partial charge in [0, 0.05) is 0 Å². The first-order chi connectivity index (χ1) is 15.0. The minimum absolute atomic E-state index is 0.175. The SMILES string of the molecule is CCOc1ccccc1NC(=O)c1cc2ccccc2cc1NS(=O)(=O)c1cccs1. The zero-order chi connectivity index (χ0) is 21.8. The number of sulfonamides is 1. The fraction of sp³-hybridized carbons (Fsp3) is 0.0870. The van der Waals surface area contributed by atoms with Gasteiger partial charge in [-0.2, -0.15) is 0 Å². The van der Waals surface area contributed by atoms with Gasteiger partial charge in [0.15, 0.2) is 0 Å². The zero-order valence-electron chi connectivity index (χ0n) is 16.7. The molecule has 0 spiro atoms. The lowest BCUT2D eigenvalue weighted by atomic mass is 10.0. The molecule has 0 unspecified atom stereocenters. The van der Waals surface area contributed by atoms with E-state index >= 15 is 0 Å². The lowest BCUT2D eigenvalue weighted by Crippen LogP contribution is -2.18. The number of hydrogen-bond acceptors (Lipinski definition) is 5. The Kier molecular flexibility index (Phi) is 5.92. The molecule has 0 aliphatic rings. The predicted octanol–water partition coefficient (Wildman–Crippen LogP) is 5.35. The molecule has 0 bridgehead atoms. The third kappa shape index (κ3) is 4.55. The Balaban J connectivity index is 1.75. The van der Waals surface area contributed by atoms with Crippen molar-refractivity contribution < 1.29 is 17.9 Å². The maximum atomic E-state index is 13.2. The molecule has 31 heavy (non-hydrogen) atoms. The van der Waals surface area contributed by atoms with Crippen LogP contribution in [0.3, 0.4) is 0 Å². The number of amides is 1. The molecular weight excluding hydrogens is 432 g/mol. The topological polar surface area (TPSA) is 84.5 Å². The molecule has 0 aliphatic carbocycles. The van der Waals surface area contributed by atoms with Crippen LogP contribution in [0.25, 0.3) is 10.8 Å². The molecule has 0 saturated carbocycles. The largest absolute Gasteiger partial charge is 0.492 e. The molecule has 1 aromatic heterocycles. The standard InChI is InChI=1S/C23H20N2O4S2/c1-2-29-21-11-6-5-10-19(21)24-23(26)18-14-16-8-3-4-9-17(16)15-20(18)25-31(27,28)22-12-7-13-30-22/h3-15,25H,2H2,1H3,(H,24,26). The van der Waals surface area contributed by atoms with E-state index in [4.69, 9.17) is 4.74 Å². The second-order valence-corrected chi connectivity index (χ2v) is 9.52. The van der Waals surface area contributed by atoms with Crippen LogP contribution in [0.4, 0.5) is 11.4 Å². The molecule has 158 valence electrons. The van der Waals surface area contributed by atoms with Crippen molar-refractivity contribution in [3.8, 4) is 5.75 Å². The Morgan fingerprint density at radius 3 is 2.35 bits per heavy atom. The van der Waals surface area contributed by atoms with Gasteiger partial charge in [0.05, 0.1) is 23.5 Å². The number of fused-ring (bicyclic) bond motifs is 1. The molecule has 8 heteroatoms. The summed E-state index contributed by atoms with van der Waals surface area (Å²) in [5.74, 6) is 0.0987. The van der Waals surface area contributed by atoms with Crippen molar-refractivity contribution in [3.63, 3.8) is 0 Å². The Bertz CT molecular complexity index is 1330. The van der Waals surface area contributed by atoms with Crippen LogP contribution >= 0.6 is 11.3 Å². The van der Waals surface area contributed by atoms with Crippen LogP contribution in [0.5, 0.6) is 5.75 Å². The molecule has 3 aromatic carbocycles. The van der Waals surface area contributed by atoms with Gasteiger partial charge in [0.25, 0.3) is 15.9 Å². The van der Waals surface area contributed by atoms with Crippen LogP contribution in [0.15, 0.2) is 82.4 Å². The van der Waals surface area contributed by atoms with E-state index in [2.05, 4.69) is 10.0 Å². The van der Waals surface area contributed by atoms with E-state index in [0.717, 1.165) is 22.1 Å². The van der Waals surface area contributed by atoms with Crippen LogP contribution in [-0.2, 0) is 10.0 Å². The first-order valence-electron chi connectivity index (χ1n) is 9.60. The maximum absolute atomic E-state index is 13.2. The highest BCUT2D eigenvalue weighted by Gasteiger charge is 2.21. The predicted molar refractivity (Wildman–Crippen MR) is 125 cm³/mol. The van der Waals surface area contributed by atoms with Crippen molar-refractivity contribution in [3.05, 3.63) is 83.7 Å². The highest BCUT2D eigenvalue weighted by molar-refractivity contribution is 7.94. The number of carbonyl (C=O) groups is 1. The first kappa shape index (κ1) is 20.9. The molecule has 2 N–H and O–H groups in total. The third-order valence-corrected chi connectivity index (χ3v) is 7.33. The fourth-order valence-electron chi connectivity index (χ4n) is 3.16. The van der Waals surface area contributed by atoms with Crippen LogP contribution in [0.1, 0.15) is 17.3 Å². The number of thiophene rings is 1. The molecule has 6 nitrogen and oxygen atoms in total. The molecule has 4 rings (SSSR count). The van der Waals surface area contributed by atoms with Gasteiger partial charge in [-0.15, -0.1) is 11.3 Å². The fourth-order valence-corrected chi connectivity index (χ4v) is 5.23. The summed E-state index contributed by atoms with van der Waals surface area (Å²) in [6.45, 7) is 2.31.